The van der Waals surface area contributed by atoms with E-state index in [1.165, 1.54) is 5.56 Å². The van der Waals surface area contributed by atoms with E-state index in [9.17, 15) is 0 Å². The van der Waals surface area contributed by atoms with Crippen LogP contribution in [-0.2, 0) is 13.6 Å². The molecule has 0 spiro atoms. The summed E-state index contributed by atoms with van der Waals surface area (Å²) in [7, 11) is 1.95. The van der Waals surface area contributed by atoms with E-state index in [0.29, 0.717) is 0 Å². The number of hydrogen-bond donors (Lipinski definition) is 1. The Morgan fingerprint density at radius 2 is 2.43 bits per heavy atom. The van der Waals surface area contributed by atoms with Crippen molar-refractivity contribution in [3.63, 3.8) is 0 Å². The van der Waals surface area contributed by atoms with Crippen LogP contribution in [0.25, 0.3) is 0 Å². The predicted octanol–water partition coefficient (Wildman–Crippen LogP) is 1.78. The highest BCUT2D eigenvalue weighted by molar-refractivity contribution is 5.14. The summed E-state index contributed by atoms with van der Waals surface area (Å²) in [6, 6.07) is 0. The van der Waals surface area contributed by atoms with Crippen molar-refractivity contribution in [1.82, 2.24) is 15.1 Å². The maximum Gasteiger partial charge on any atom is 0.0638 e. The molecule has 78 valence electrons. The maximum atomic E-state index is 4.29. The Bertz CT molecular complexity index is 289. The highest BCUT2D eigenvalue weighted by Gasteiger charge is 2.00. The van der Waals surface area contributed by atoms with Crippen LogP contribution < -0.4 is 5.32 Å². The zero-order valence-electron chi connectivity index (χ0n) is 9.08. The predicted molar refractivity (Wildman–Crippen MR) is 59.1 cm³/mol. The van der Waals surface area contributed by atoms with Crippen molar-refractivity contribution in [1.29, 1.82) is 0 Å². The second kappa shape index (κ2) is 5.60. The highest BCUT2D eigenvalue weighted by Crippen LogP contribution is 2.03. The Morgan fingerprint density at radius 1 is 1.64 bits per heavy atom. The molecule has 0 aromatic carbocycles. The van der Waals surface area contributed by atoms with Crippen LogP contribution in [0, 0.1) is 6.92 Å². The Labute approximate surface area is 85.8 Å². The van der Waals surface area contributed by atoms with Gasteiger partial charge in [0.1, 0.15) is 0 Å². The number of aryl methyl sites for hydroxylation is 2. The Hall–Kier alpha value is -1.09. The molecule has 0 fully saturated rings. The molecule has 0 bridgehead atoms. The van der Waals surface area contributed by atoms with Gasteiger partial charge in [-0.25, -0.2) is 0 Å². The molecule has 0 saturated heterocycles. The molecule has 3 heteroatoms. The van der Waals surface area contributed by atoms with Gasteiger partial charge in [-0.1, -0.05) is 6.08 Å². The van der Waals surface area contributed by atoms with Gasteiger partial charge in [0.15, 0.2) is 0 Å². The van der Waals surface area contributed by atoms with Crippen LogP contribution in [0.4, 0.5) is 0 Å². The molecule has 0 radical (unpaired) electrons. The fourth-order valence-corrected chi connectivity index (χ4v) is 1.42. The number of allylic oxidation sites excluding steroid dienone is 1. The molecule has 0 saturated carbocycles. The zero-order chi connectivity index (χ0) is 10.4. The number of hydrogen-bond acceptors (Lipinski definition) is 2. The van der Waals surface area contributed by atoms with Crippen molar-refractivity contribution in [3.8, 4) is 0 Å². The van der Waals surface area contributed by atoms with Crippen LogP contribution in [0.5, 0.6) is 0 Å². The highest BCUT2D eigenvalue weighted by atomic mass is 15.2. The smallest absolute Gasteiger partial charge is 0.0638 e. The quantitative estimate of drug-likeness (QED) is 0.551. The van der Waals surface area contributed by atoms with Gasteiger partial charge in [0, 0.05) is 25.4 Å². The van der Waals surface area contributed by atoms with E-state index < -0.39 is 0 Å². The molecule has 3 nitrogen and oxygen atoms in total. The second-order valence-electron chi connectivity index (χ2n) is 3.52. The zero-order valence-corrected chi connectivity index (χ0v) is 9.08. The standard InChI is InChI=1S/C11H19N3/c1-4-5-6-7-12-8-11-9-14(3)13-10(11)2/h4,9,12H,1,5-8H2,2-3H3. The monoisotopic (exact) mass is 193 g/mol. The SMILES string of the molecule is C=CCCCNCc1cn(C)nc1C. The van der Waals surface area contributed by atoms with Gasteiger partial charge in [0.2, 0.25) is 0 Å². The molecule has 1 heterocycles. The van der Waals surface area contributed by atoms with E-state index in [0.717, 1.165) is 31.6 Å². The minimum Gasteiger partial charge on any atom is -0.313 e. The van der Waals surface area contributed by atoms with Gasteiger partial charge >= 0.3 is 0 Å². The summed E-state index contributed by atoms with van der Waals surface area (Å²) in [4.78, 5) is 0. The average Bonchev–Trinajstić information content (AvgIpc) is 2.45. The van der Waals surface area contributed by atoms with Gasteiger partial charge in [0.25, 0.3) is 0 Å². The third-order valence-electron chi connectivity index (χ3n) is 2.19. The first-order valence-corrected chi connectivity index (χ1v) is 5.04. The van der Waals surface area contributed by atoms with Crippen molar-refractivity contribution in [2.75, 3.05) is 6.54 Å². The summed E-state index contributed by atoms with van der Waals surface area (Å²) in [5.74, 6) is 0. The molecule has 0 aliphatic rings. The van der Waals surface area contributed by atoms with E-state index in [4.69, 9.17) is 0 Å². The number of unbranched alkanes of at least 4 members (excludes halogenated alkanes) is 1. The number of aromatic nitrogens is 2. The first-order valence-electron chi connectivity index (χ1n) is 5.04. The van der Waals surface area contributed by atoms with Crippen molar-refractivity contribution >= 4 is 0 Å². The van der Waals surface area contributed by atoms with Crippen LogP contribution in [0.2, 0.25) is 0 Å². The Balaban J connectivity index is 2.24. The fourth-order valence-electron chi connectivity index (χ4n) is 1.42. The van der Waals surface area contributed by atoms with Gasteiger partial charge in [-0.05, 0) is 26.3 Å². The van der Waals surface area contributed by atoms with Crippen LogP contribution in [0.1, 0.15) is 24.1 Å². The molecule has 0 unspecified atom stereocenters. The van der Waals surface area contributed by atoms with Gasteiger partial charge in [0.05, 0.1) is 5.69 Å². The topological polar surface area (TPSA) is 29.9 Å². The minimum absolute atomic E-state index is 0.914. The molecule has 0 amide bonds. The van der Waals surface area contributed by atoms with Crippen LogP contribution >= 0.6 is 0 Å². The van der Waals surface area contributed by atoms with Crippen molar-refractivity contribution in [2.24, 2.45) is 7.05 Å². The lowest BCUT2D eigenvalue weighted by Crippen LogP contribution is -2.14. The molecule has 1 aromatic rings. The van der Waals surface area contributed by atoms with E-state index in [2.05, 4.69) is 23.2 Å². The summed E-state index contributed by atoms with van der Waals surface area (Å²) < 4.78 is 1.86. The van der Waals surface area contributed by atoms with Gasteiger partial charge in [-0.3, -0.25) is 4.68 Å². The molecular formula is C11H19N3. The van der Waals surface area contributed by atoms with E-state index in [1.54, 1.807) is 0 Å². The summed E-state index contributed by atoms with van der Waals surface area (Å²) in [6.45, 7) is 7.69. The van der Waals surface area contributed by atoms with E-state index in [-0.39, 0.29) is 0 Å². The third kappa shape index (κ3) is 3.34. The molecule has 0 aliphatic carbocycles. The van der Waals surface area contributed by atoms with E-state index >= 15 is 0 Å². The van der Waals surface area contributed by atoms with E-state index in [1.807, 2.05) is 24.7 Å². The molecule has 14 heavy (non-hydrogen) atoms. The number of nitrogens with zero attached hydrogens (tertiary/aromatic N) is 2. The Kier molecular flexibility index (Phi) is 4.40. The van der Waals surface area contributed by atoms with Gasteiger partial charge in [-0.15, -0.1) is 6.58 Å². The largest absolute Gasteiger partial charge is 0.313 e. The number of nitrogens with one attached hydrogen (secondary N) is 1. The Morgan fingerprint density at radius 3 is 3.00 bits per heavy atom. The lowest BCUT2D eigenvalue weighted by molar-refractivity contribution is 0.653. The molecule has 0 aliphatic heterocycles. The number of rotatable bonds is 6. The normalized spacial score (nSPS) is 10.4. The first kappa shape index (κ1) is 11.0. The minimum atomic E-state index is 0.914. The summed E-state index contributed by atoms with van der Waals surface area (Å²) >= 11 is 0. The van der Waals surface area contributed by atoms with Gasteiger partial charge in [-0.2, -0.15) is 5.10 Å². The maximum absolute atomic E-state index is 4.29. The third-order valence-corrected chi connectivity index (χ3v) is 2.19. The second-order valence-corrected chi connectivity index (χ2v) is 3.52. The molecule has 1 N–H and O–H groups in total. The fraction of sp³-hybridized carbons (Fsp3) is 0.545. The van der Waals surface area contributed by atoms with Crippen LogP contribution in [0.15, 0.2) is 18.9 Å². The van der Waals surface area contributed by atoms with Crippen molar-refractivity contribution in [3.05, 3.63) is 30.1 Å². The lowest BCUT2D eigenvalue weighted by Gasteiger charge is -2.01. The lowest BCUT2D eigenvalue weighted by atomic mass is 10.2. The first-order chi connectivity index (χ1) is 6.74. The van der Waals surface area contributed by atoms with Crippen molar-refractivity contribution in [2.45, 2.75) is 26.3 Å². The molecular weight excluding hydrogens is 174 g/mol. The van der Waals surface area contributed by atoms with Gasteiger partial charge < -0.3 is 5.32 Å². The van der Waals surface area contributed by atoms with Crippen LogP contribution in [-0.4, -0.2) is 16.3 Å². The summed E-state index contributed by atoms with van der Waals surface area (Å²) in [5.41, 5.74) is 2.40. The molecule has 1 rings (SSSR count). The molecule has 1 aromatic heterocycles. The van der Waals surface area contributed by atoms with Crippen LogP contribution in [0.3, 0.4) is 0 Å². The average molecular weight is 193 g/mol. The summed E-state index contributed by atoms with van der Waals surface area (Å²) in [5, 5.41) is 7.68. The van der Waals surface area contributed by atoms with Crippen molar-refractivity contribution < 1.29 is 0 Å². The molecule has 0 atom stereocenters. The summed E-state index contributed by atoms with van der Waals surface area (Å²) in [6.07, 6.45) is 6.26.